The summed E-state index contributed by atoms with van der Waals surface area (Å²) in [4.78, 5) is 15.9. The summed E-state index contributed by atoms with van der Waals surface area (Å²) in [6, 6.07) is 12.5. The zero-order valence-electron chi connectivity index (χ0n) is 16.5. The molecule has 2 aromatic heterocycles. The average Bonchev–Trinajstić information content (AvgIpc) is 3.22. The van der Waals surface area contributed by atoms with Crippen LogP contribution in [0.2, 0.25) is 5.02 Å². The van der Waals surface area contributed by atoms with Gasteiger partial charge in [-0.25, -0.2) is 0 Å². The number of aromatic hydroxyl groups is 1. The molecule has 3 heterocycles. The Labute approximate surface area is 175 Å². The molecule has 0 radical (unpaired) electrons. The molecule has 0 spiro atoms. The number of nitrogens with zero attached hydrogens (tertiary/aromatic N) is 2. The van der Waals surface area contributed by atoms with Gasteiger partial charge in [-0.15, -0.1) is 0 Å². The number of pyridine rings is 1. The average molecular weight is 413 g/mol. The lowest BCUT2D eigenvalue weighted by molar-refractivity contribution is 0.183. The van der Waals surface area contributed by atoms with Crippen molar-refractivity contribution in [2.24, 2.45) is 0 Å². The summed E-state index contributed by atoms with van der Waals surface area (Å²) in [5, 5.41) is 11.5. The summed E-state index contributed by atoms with van der Waals surface area (Å²) in [7, 11) is 0. The lowest BCUT2D eigenvalue weighted by Gasteiger charge is -2.35. The molecule has 0 amide bonds. The number of aryl methyl sites for hydroxylation is 1. The second-order valence-corrected chi connectivity index (χ2v) is 8.05. The highest BCUT2D eigenvalue weighted by molar-refractivity contribution is 6.30. The minimum atomic E-state index is -0.343. The molecule has 152 valence electrons. The molecule has 1 saturated heterocycles. The highest BCUT2D eigenvalue weighted by Crippen LogP contribution is 2.35. The minimum Gasteiger partial charge on any atom is -0.507 e. The topological polar surface area (TPSA) is 58.6 Å². The van der Waals surface area contributed by atoms with Gasteiger partial charge in [-0.2, -0.15) is 0 Å². The molecule has 1 aliphatic rings. The number of hydrogen-bond donors (Lipinski definition) is 1. The molecule has 1 aromatic carbocycles. The Hall–Kier alpha value is -2.50. The third-order valence-corrected chi connectivity index (χ3v) is 5.85. The van der Waals surface area contributed by atoms with E-state index in [4.69, 9.17) is 16.0 Å². The number of benzene rings is 1. The van der Waals surface area contributed by atoms with Gasteiger partial charge < -0.3 is 14.1 Å². The monoisotopic (exact) mass is 412 g/mol. The van der Waals surface area contributed by atoms with E-state index >= 15 is 0 Å². The van der Waals surface area contributed by atoms with E-state index in [2.05, 4.69) is 4.90 Å². The van der Waals surface area contributed by atoms with E-state index in [0.717, 1.165) is 31.5 Å². The van der Waals surface area contributed by atoms with Gasteiger partial charge >= 0.3 is 0 Å². The van der Waals surface area contributed by atoms with Crippen molar-refractivity contribution in [3.8, 4) is 5.75 Å². The van der Waals surface area contributed by atoms with Crippen LogP contribution in [0.1, 0.15) is 47.9 Å². The standard InChI is InChI=1S/C23H25ClN2O3/c1-16-13-20(27)21(23(28)26(16)15-19-9-6-12-29-19)22(25-10-3-2-4-11-25)17-7-5-8-18(24)14-17/h5-9,12-14,22,27H,2-4,10-11,15H2,1H3/t22-/m0/s1. The molecule has 0 aliphatic carbocycles. The van der Waals surface area contributed by atoms with Crippen LogP contribution in [0.25, 0.3) is 0 Å². The van der Waals surface area contributed by atoms with Crippen LogP contribution in [0.4, 0.5) is 0 Å². The van der Waals surface area contributed by atoms with E-state index in [1.165, 1.54) is 6.42 Å². The predicted octanol–water partition coefficient (Wildman–Crippen LogP) is 4.73. The van der Waals surface area contributed by atoms with Crippen LogP contribution in [0, 0.1) is 6.92 Å². The highest BCUT2D eigenvalue weighted by atomic mass is 35.5. The third kappa shape index (κ3) is 4.11. The molecular formula is C23H25ClN2O3. The van der Waals surface area contributed by atoms with Gasteiger partial charge in [0, 0.05) is 10.7 Å². The molecule has 4 rings (SSSR count). The fraction of sp³-hybridized carbons (Fsp3) is 0.348. The van der Waals surface area contributed by atoms with E-state index < -0.39 is 0 Å². The number of aromatic nitrogens is 1. The molecule has 0 unspecified atom stereocenters. The van der Waals surface area contributed by atoms with Gasteiger partial charge in [0.15, 0.2) is 0 Å². The second kappa shape index (κ2) is 8.47. The van der Waals surface area contributed by atoms with Crippen molar-refractivity contribution in [1.82, 2.24) is 9.47 Å². The van der Waals surface area contributed by atoms with Crippen LogP contribution in [0.3, 0.4) is 0 Å². The minimum absolute atomic E-state index is 0.0266. The van der Waals surface area contributed by atoms with Crippen LogP contribution in [-0.2, 0) is 6.54 Å². The number of piperidine rings is 1. The van der Waals surface area contributed by atoms with Crippen molar-refractivity contribution >= 4 is 11.6 Å². The van der Waals surface area contributed by atoms with Crippen molar-refractivity contribution < 1.29 is 9.52 Å². The van der Waals surface area contributed by atoms with Crippen molar-refractivity contribution in [3.05, 3.63) is 86.7 Å². The predicted molar refractivity (Wildman–Crippen MR) is 114 cm³/mol. The van der Waals surface area contributed by atoms with Gasteiger partial charge in [0.25, 0.3) is 5.56 Å². The Morgan fingerprint density at radius 3 is 2.62 bits per heavy atom. The van der Waals surface area contributed by atoms with Crippen molar-refractivity contribution in [2.75, 3.05) is 13.1 Å². The van der Waals surface area contributed by atoms with E-state index in [0.29, 0.717) is 28.6 Å². The summed E-state index contributed by atoms with van der Waals surface area (Å²) < 4.78 is 7.11. The first kappa shape index (κ1) is 19.8. The van der Waals surface area contributed by atoms with E-state index in [-0.39, 0.29) is 17.4 Å². The van der Waals surface area contributed by atoms with Gasteiger partial charge in [-0.1, -0.05) is 30.2 Å². The van der Waals surface area contributed by atoms with Crippen molar-refractivity contribution in [2.45, 2.75) is 38.8 Å². The smallest absolute Gasteiger partial charge is 0.260 e. The molecule has 1 aliphatic heterocycles. The largest absolute Gasteiger partial charge is 0.507 e. The number of halogens is 1. The molecule has 5 nitrogen and oxygen atoms in total. The highest BCUT2D eigenvalue weighted by Gasteiger charge is 2.30. The van der Waals surface area contributed by atoms with Crippen LogP contribution in [0.5, 0.6) is 5.75 Å². The number of hydrogen-bond acceptors (Lipinski definition) is 4. The number of furan rings is 1. The first-order valence-corrected chi connectivity index (χ1v) is 10.4. The molecule has 0 saturated carbocycles. The quantitative estimate of drug-likeness (QED) is 0.658. The summed E-state index contributed by atoms with van der Waals surface area (Å²) in [6.45, 7) is 3.90. The first-order valence-electron chi connectivity index (χ1n) is 10.00. The summed E-state index contributed by atoms with van der Waals surface area (Å²) in [5.41, 5.74) is 1.80. The molecule has 0 bridgehead atoms. The normalized spacial score (nSPS) is 16.1. The van der Waals surface area contributed by atoms with Crippen molar-refractivity contribution in [1.29, 1.82) is 0 Å². The fourth-order valence-corrected chi connectivity index (χ4v) is 4.39. The maximum Gasteiger partial charge on any atom is 0.260 e. The molecule has 1 N–H and O–H groups in total. The summed E-state index contributed by atoms with van der Waals surface area (Å²) in [5.74, 6) is 0.725. The molecule has 1 fully saturated rings. The summed E-state index contributed by atoms with van der Waals surface area (Å²) >= 11 is 6.27. The molecule has 29 heavy (non-hydrogen) atoms. The second-order valence-electron chi connectivity index (χ2n) is 7.61. The van der Waals surface area contributed by atoms with Gasteiger partial charge in [-0.3, -0.25) is 9.69 Å². The van der Waals surface area contributed by atoms with Gasteiger partial charge in [0.2, 0.25) is 0 Å². The molecule has 3 aromatic rings. The SMILES string of the molecule is Cc1cc(O)c([C@H](c2cccc(Cl)c2)N2CCCCC2)c(=O)n1Cc1ccco1. The van der Waals surface area contributed by atoms with E-state index in [1.807, 2.05) is 37.3 Å². The van der Waals surface area contributed by atoms with Gasteiger partial charge in [-0.05, 0) is 68.8 Å². The van der Waals surface area contributed by atoms with Crippen LogP contribution in [0.15, 0.2) is 57.9 Å². The maximum atomic E-state index is 13.6. The summed E-state index contributed by atoms with van der Waals surface area (Å²) in [6.07, 6.45) is 4.93. The molecular weight excluding hydrogens is 388 g/mol. The first-order chi connectivity index (χ1) is 14.0. The van der Waals surface area contributed by atoms with Gasteiger partial charge in [0.05, 0.1) is 24.4 Å². The maximum absolute atomic E-state index is 13.6. The zero-order chi connectivity index (χ0) is 20.4. The van der Waals surface area contributed by atoms with Crippen LogP contribution < -0.4 is 5.56 Å². The Kier molecular flexibility index (Phi) is 5.79. The number of likely N-dealkylation sites (tertiary alicyclic amines) is 1. The Morgan fingerprint density at radius 2 is 1.93 bits per heavy atom. The Morgan fingerprint density at radius 1 is 1.14 bits per heavy atom. The molecule has 6 heteroatoms. The van der Waals surface area contributed by atoms with E-state index in [1.54, 1.807) is 23.0 Å². The lowest BCUT2D eigenvalue weighted by Crippen LogP contribution is -2.38. The lowest BCUT2D eigenvalue weighted by atomic mass is 9.94. The third-order valence-electron chi connectivity index (χ3n) is 5.61. The van der Waals surface area contributed by atoms with Gasteiger partial charge in [0.1, 0.15) is 11.5 Å². The van der Waals surface area contributed by atoms with Crippen molar-refractivity contribution in [3.63, 3.8) is 0 Å². The van der Waals surface area contributed by atoms with Crippen LogP contribution >= 0.6 is 11.6 Å². The Balaban J connectivity index is 1.86. The fourth-order valence-electron chi connectivity index (χ4n) is 4.19. The van der Waals surface area contributed by atoms with E-state index in [9.17, 15) is 9.90 Å². The Bertz CT molecular complexity index is 1040. The van der Waals surface area contributed by atoms with Crippen LogP contribution in [-0.4, -0.2) is 27.7 Å². The zero-order valence-corrected chi connectivity index (χ0v) is 17.2. The number of rotatable bonds is 5. The molecule has 1 atom stereocenters.